The Labute approximate surface area is 108 Å². The summed E-state index contributed by atoms with van der Waals surface area (Å²) in [6.07, 6.45) is 5.07. The first-order valence-electron chi connectivity index (χ1n) is 7.35. The van der Waals surface area contributed by atoms with Crippen molar-refractivity contribution in [2.45, 2.75) is 56.2 Å². The van der Waals surface area contributed by atoms with Gasteiger partial charge in [0.2, 0.25) is 5.79 Å². The lowest BCUT2D eigenvalue weighted by molar-refractivity contribution is -0.308. The molecule has 4 aliphatic rings. The molecule has 4 nitrogen and oxygen atoms in total. The predicted molar refractivity (Wildman–Crippen MR) is 66.2 cm³/mol. The molecule has 18 heavy (non-hydrogen) atoms. The fraction of sp³-hybridized carbons (Fsp3) is 1.00. The van der Waals surface area contributed by atoms with Gasteiger partial charge < -0.3 is 19.5 Å². The summed E-state index contributed by atoms with van der Waals surface area (Å²) in [7, 11) is 1.75. The molecule has 4 rings (SSSR count). The van der Waals surface area contributed by atoms with E-state index in [0.29, 0.717) is 5.92 Å². The maximum absolute atomic E-state index is 6.52. The van der Waals surface area contributed by atoms with Gasteiger partial charge in [-0.3, -0.25) is 0 Å². The number of ether oxygens (including phenoxy) is 3. The highest BCUT2D eigenvalue weighted by atomic mass is 16.8. The molecule has 2 heterocycles. The van der Waals surface area contributed by atoms with Crippen LogP contribution >= 0.6 is 0 Å². The molecule has 102 valence electrons. The highest BCUT2D eigenvalue weighted by Gasteiger charge is 2.75. The van der Waals surface area contributed by atoms with Crippen LogP contribution in [0.3, 0.4) is 0 Å². The van der Waals surface area contributed by atoms with Gasteiger partial charge in [-0.25, -0.2) is 0 Å². The van der Waals surface area contributed by atoms with Crippen LogP contribution in [0.15, 0.2) is 0 Å². The van der Waals surface area contributed by atoms with Gasteiger partial charge in [0.25, 0.3) is 0 Å². The second-order valence-electron chi connectivity index (χ2n) is 6.38. The van der Waals surface area contributed by atoms with Crippen LogP contribution in [0.25, 0.3) is 0 Å². The quantitative estimate of drug-likeness (QED) is 0.823. The SMILES string of the molecule is CC[C@]12C[C@]1(OC)O[C@@H]1CNC[C@H](C3CC3)[C@H]1O2. The van der Waals surface area contributed by atoms with Gasteiger partial charge in [0.15, 0.2) is 0 Å². The molecule has 2 aliphatic heterocycles. The van der Waals surface area contributed by atoms with Crippen molar-refractivity contribution < 1.29 is 14.2 Å². The molecular formula is C14H23NO3. The maximum Gasteiger partial charge on any atom is 0.200 e. The van der Waals surface area contributed by atoms with Crippen LogP contribution in [0.1, 0.15) is 32.6 Å². The number of hydrogen-bond acceptors (Lipinski definition) is 4. The van der Waals surface area contributed by atoms with Gasteiger partial charge in [-0.15, -0.1) is 0 Å². The van der Waals surface area contributed by atoms with Gasteiger partial charge in [-0.1, -0.05) is 6.92 Å². The van der Waals surface area contributed by atoms with E-state index in [2.05, 4.69) is 12.2 Å². The average molecular weight is 253 g/mol. The van der Waals surface area contributed by atoms with E-state index in [1.807, 2.05) is 0 Å². The fourth-order valence-electron chi connectivity index (χ4n) is 4.03. The molecule has 0 aromatic heterocycles. The van der Waals surface area contributed by atoms with Gasteiger partial charge in [0, 0.05) is 32.5 Å². The van der Waals surface area contributed by atoms with Crippen molar-refractivity contribution in [3.8, 4) is 0 Å². The zero-order valence-electron chi connectivity index (χ0n) is 11.3. The molecule has 0 aromatic carbocycles. The third-order valence-corrected chi connectivity index (χ3v) is 5.43. The summed E-state index contributed by atoms with van der Waals surface area (Å²) >= 11 is 0. The smallest absolute Gasteiger partial charge is 0.200 e. The molecule has 0 unspecified atom stereocenters. The standard InChI is InChI=1S/C14H23NO3/c1-3-13-8-14(13,16-2)17-11-7-15-6-10(9-4-5-9)12(11)18-13/h9-12,15H,3-8H2,1-2H3/t10-,11-,12-,13+,14+/m1/s1. The first-order valence-corrected chi connectivity index (χ1v) is 7.35. The first kappa shape index (κ1) is 11.6. The van der Waals surface area contributed by atoms with Crippen LogP contribution < -0.4 is 5.32 Å². The Kier molecular flexibility index (Phi) is 2.39. The Morgan fingerprint density at radius 3 is 2.78 bits per heavy atom. The third-order valence-electron chi connectivity index (χ3n) is 5.43. The van der Waals surface area contributed by atoms with Gasteiger partial charge in [-0.05, 0) is 25.2 Å². The Balaban J connectivity index is 1.59. The summed E-state index contributed by atoms with van der Waals surface area (Å²) in [5, 5.41) is 3.51. The van der Waals surface area contributed by atoms with E-state index in [4.69, 9.17) is 14.2 Å². The summed E-state index contributed by atoms with van der Waals surface area (Å²) < 4.78 is 18.4. The predicted octanol–water partition coefficient (Wildman–Crippen LogP) is 1.29. The minimum Gasteiger partial charge on any atom is -0.363 e. The fourth-order valence-corrected chi connectivity index (χ4v) is 4.03. The molecule has 0 bridgehead atoms. The molecule has 2 aliphatic carbocycles. The van der Waals surface area contributed by atoms with E-state index in [0.717, 1.165) is 31.8 Å². The molecule has 0 spiro atoms. The molecule has 1 N–H and O–H groups in total. The minimum absolute atomic E-state index is 0.159. The van der Waals surface area contributed by atoms with Crippen molar-refractivity contribution in [3.63, 3.8) is 0 Å². The van der Waals surface area contributed by atoms with Crippen molar-refractivity contribution in [2.24, 2.45) is 11.8 Å². The lowest BCUT2D eigenvalue weighted by Gasteiger charge is -2.46. The summed E-state index contributed by atoms with van der Waals surface area (Å²) in [4.78, 5) is 0. The molecule has 2 saturated carbocycles. The molecule has 4 fully saturated rings. The van der Waals surface area contributed by atoms with Crippen LogP contribution in [-0.2, 0) is 14.2 Å². The Bertz CT molecular complexity index is 359. The monoisotopic (exact) mass is 253 g/mol. The van der Waals surface area contributed by atoms with Gasteiger partial charge in [-0.2, -0.15) is 0 Å². The Hall–Kier alpha value is -0.160. The van der Waals surface area contributed by atoms with E-state index in [1.165, 1.54) is 12.8 Å². The molecular weight excluding hydrogens is 230 g/mol. The first-order chi connectivity index (χ1) is 8.74. The largest absolute Gasteiger partial charge is 0.363 e. The number of hydrogen-bond donors (Lipinski definition) is 1. The topological polar surface area (TPSA) is 39.7 Å². The summed E-state index contributed by atoms with van der Waals surface area (Å²) in [5.74, 6) is 1.05. The van der Waals surface area contributed by atoms with Crippen LogP contribution in [0.5, 0.6) is 0 Å². The van der Waals surface area contributed by atoms with Gasteiger partial charge in [0.1, 0.15) is 5.60 Å². The molecule has 5 atom stereocenters. The van der Waals surface area contributed by atoms with E-state index < -0.39 is 5.79 Å². The Morgan fingerprint density at radius 2 is 2.11 bits per heavy atom. The van der Waals surface area contributed by atoms with Crippen molar-refractivity contribution >= 4 is 0 Å². The van der Waals surface area contributed by atoms with Crippen LogP contribution in [0.4, 0.5) is 0 Å². The molecule has 0 amide bonds. The van der Waals surface area contributed by atoms with Crippen molar-refractivity contribution in [1.82, 2.24) is 5.32 Å². The number of rotatable bonds is 3. The van der Waals surface area contributed by atoms with Crippen LogP contribution in [-0.4, -0.2) is 43.8 Å². The van der Waals surface area contributed by atoms with E-state index in [9.17, 15) is 0 Å². The van der Waals surface area contributed by atoms with E-state index in [-0.39, 0.29) is 17.8 Å². The highest BCUT2D eigenvalue weighted by Crippen LogP contribution is 2.62. The Morgan fingerprint density at radius 1 is 1.28 bits per heavy atom. The van der Waals surface area contributed by atoms with Gasteiger partial charge in [0.05, 0.1) is 12.2 Å². The van der Waals surface area contributed by atoms with Crippen molar-refractivity contribution in [2.75, 3.05) is 20.2 Å². The van der Waals surface area contributed by atoms with Crippen LogP contribution in [0, 0.1) is 11.8 Å². The second kappa shape index (κ2) is 3.69. The molecule has 0 radical (unpaired) electrons. The maximum atomic E-state index is 6.52. The lowest BCUT2D eigenvalue weighted by Crippen LogP contribution is -2.60. The lowest BCUT2D eigenvalue weighted by atomic mass is 9.88. The zero-order chi connectivity index (χ0) is 12.4. The zero-order valence-corrected chi connectivity index (χ0v) is 11.3. The highest BCUT2D eigenvalue weighted by molar-refractivity contribution is 5.19. The summed E-state index contributed by atoms with van der Waals surface area (Å²) in [6.45, 7) is 4.17. The van der Waals surface area contributed by atoms with E-state index in [1.54, 1.807) is 7.11 Å². The number of nitrogens with one attached hydrogen (secondary N) is 1. The third kappa shape index (κ3) is 1.40. The van der Waals surface area contributed by atoms with Gasteiger partial charge >= 0.3 is 0 Å². The molecule has 2 saturated heterocycles. The average Bonchev–Trinajstić information content (AvgIpc) is 3.28. The van der Waals surface area contributed by atoms with Crippen molar-refractivity contribution in [3.05, 3.63) is 0 Å². The number of piperidine rings is 1. The summed E-state index contributed by atoms with van der Waals surface area (Å²) in [6, 6.07) is 0. The second-order valence-corrected chi connectivity index (χ2v) is 6.38. The summed E-state index contributed by atoms with van der Waals surface area (Å²) in [5.41, 5.74) is -0.159. The normalized spacial score (nSPS) is 54.7. The molecule has 0 aromatic rings. The number of fused-ring (bicyclic) bond motifs is 2. The van der Waals surface area contributed by atoms with Crippen molar-refractivity contribution in [1.29, 1.82) is 0 Å². The van der Waals surface area contributed by atoms with E-state index >= 15 is 0 Å². The number of methoxy groups -OCH3 is 1. The molecule has 4 heteroatoms. The minimum atomic E-state index is -0.448. The van der Waals surface area contributed by atoms with Crippen LogP contribution in [0.2, 0.25) is 0 Å².